The first-order valence-corrected chi connectivity index (χ1v) is 16.9. The number of benzene rings is 2. The van der Waals surface area contributed by atoms with Crippen molar-refractivity contribution in [1.82, 2.24) is 0 Å². The van der Waals surface area contributed by atoms with Crippen molar-refractivity contribution in [3.05, 3.63) is 52.6 Å². The minimum atomic E-state index is -1.32. The summed E-state index contributed by atoms with van der Waals surface area (Å²) in [4.78, 5) is 49.1. The minimum Gasteiger partial charge on any atom is -0.507 e. The second kappa shape index (κ2) is 14.9. The van der Waals surface area contributed by atoms with Crippen LogP contribution in [0.3, 0.4) is 0 Å². The van der Waals surface area contributed by atoms with Crippen LogP contribution in [-0.2, 0) is 53.7 Å². The summed E-state index contributed by atoms with van der Waals surface area (Å²) >= 11 is 1.25. The molecule has 13 heteroatoms. The van der Waals surface area contributed by atoms with Gasteiger partial charge in [0.1, 0.15) is 23.9 Å². The number of hydrogen-bond donors (Lipinski definition) is 1. The Balaban J connectivity index is 1.93. The van der Waals surface area contributed by atoms with Gasteiger partial charge in [-0.05, 0) is 45.2 Å². The van der Waals surface area contributed by atoms with Crippen LogP contribution in [0.4, 0.5) is 0 Å². The Morgan fingerprint density at radius 3 is 1.82 bits per heavy atom. The van der Waals surface area contributed by atoms with Crippen molar-refractivity contribution in [2.45, 2.75) is 115 Å². The molecule has 1 N–H and O–H groups in total. The van der Waals surface area contributed by atoms with E-state index >= 15 is 0 Å². The van der Waals surface area contributed by atoms with E-state index in [0.717, 1.165) is 22.3 Å². The highest BCUT2D eigenvalue weighted by Crippen LogP contribution is 2.49. The second-order valence-electron chi connectivity index (χ2n) is 14.2. The highest BCUT2D eigenvalue weighted by Gasteiger charge is 2.53. The van der Waals surface area contributed by atoms with E-state index in [4.69, 9.17) is 33.2 Å². The second-order valence-corrected chi connectivity index (χ2v) is 15.4. The van der Waals surface area contributed by atoms with Gasteiger partial charge in [0.05, 0.1) is 5.25 Å². The standard InChI is InChI=1S/C36H46O12S/c1-18(37)42-16-28-30(45-19(2)38)31(46-20(3)39)32(47-21(4)40)34(48-28)49-33(22-11-12-26-27(15-22)44-17-43-26)23-13-24(35(5,6)7)29(41)25(14-23)36(8,9)10/h11-15,28,30-34,41H,16-17H2,1-10H3/t28?,30-,31?,32?,33+,34-/m0/s1. The molecule has 49 heavy (non-hydrogen) atoms. The Morgan fingerprint density at radius 2 is 1.29 bits per heavy atom. The average Bonchev–Trinajstić information content (AvgIpc) is 3.44. The molecule has 2 aliphatic heterocycles. The Bertz CT molecular complexity index is 1540. The average molecular weight is 703 g/mol. The number of fused-ring (bicyclic) bond motifs is 1. The molecule has 0 spiro atoms. The molecule has 1 saturated heterocycles. The third kappa shape index (κ3) is 9.18. The Morgan fingerprint density at radius 1 is 0.755 bits per heavy atom. The third-order valence-corrected chi connectivity index (χ3v) is 9.43. The van der Waals surface area contributed by atoms with Gasteiger partial charge in [0.15, 0.2) is 29.8 Å². The number of carbonyl (C=O) groups is 4. The van der Waals surface area contributed by atoms with Gasteiger partial charge in [0, 0.05) is 27.7 Å². The van der Waals surface area contributed by atoms with Crippen molar-refractivity contribution in [3.8, 4) is 17.2 Å². The number of hydrogen-bond acceptors (Lipinski definition) is 13. The normalized spacial score (nSPS) is 22.5. The quantitative estimate of drug-likeness (QED) is 0.254. The van der Waals surface area contributed by atoms with E-state index in [1.807, 2.05) is 65.8 Å². The highest BCUT2D eigenvalue weighted by molar-refractivity contribution is 8.00. The Kier molecular flexibility index (Phi) is 11.5. The van der Waals surface area contributed by atoms with Gasteiger partial charge in [0.25, 0.3) is 0 Å². The maximum Gasteiger partial charge on any atom is 0.303 e. The molecule has 12 nitrogen and oxygen atoms in total. The molecule has 6 atom stereocenters. The van der Waals surface area contributed by atoms with Crippen molar-refractivity contribution in [2.75, 3.05) is 13.4 Å². The van der Waals surface area contributed by atoms with E-state index in [9.17, 15) is 24.3 Å². The van der Waals surface area contributed by atoms with Crippen LogP contribution in [0.2, 0.25) is 0 Å². The molecular weight excluding hydrogens is 656 g/mol. The van der Waals surface area contributed by atoms with Crippen molar-refractivity contribution >= 4 is 35.6 Å². The zero-order valence-electron chi connectivity index (χ0n) is 29.6. The van der Waals surface area contributed by atoms with E-state index in [0.29, 0.717) is 11.5 Å². The SMILES string of the molecule is CC(=O)OCC1O[C@@H](S[C@H](c2ccc3c(c2)OCO3)c2cc(C(C)(C)C)c(O)c(C(C)(C)C)c2)C(OC(C)=O)C(OC(C)=O)[C@H]1OC(C)=O. The number of phenolic OH excluding ortho intramolecular Hbond substituents is 1. The highest BCUT2D eigenvalue weighted by atomic mass is 32.2. The van der Waals surface area contributed by atoms with Gasteiger partial charge >= 0.3 is 23.9 Å². The van der Waals surface area contributed by atoms with Crippen LogP contribution in [0.5, 0.6) is 17.2 Å². The first-order valence-electron chi connectivity index (χ1n) is 16.0. The number of aromatic hydroxyl groups is 1. The molecule has 1 fully saturated rings. The van der Waals surface area contributed by atoms with Crippen LogP contribution in [0.25, 0.3) is 0 Å². The number of ether oxygens (including phenoxy) is 7. The predicted octanol–water partition coefficient (Wildman–Crippen LogP) is 5.62. The van der Waals surface area contributed by atoms with Crippen LogP contribution >= 0.6 is 11.8 Å². The van der Waals surface area contributed by atoms with E-state index in [1.54, 1.807) is 6.07 Å². The van der Waals surface area contributed by atoms with Gasteiger partial charge in [-0.25, -0.2) is 0 Å². The maximum atomic E-state index is 12.6. The molecular formula is C36H46O12S. The molecule has 0 bridgehead atoms. The molecule has 3 unspecified atom stereocenters. The molecule has 2 aromatic carbocycles. The summed E-state index contributed by atoms with van der Waals surface area (Å²) in [5, 5.41) is 11.0. The van der Waals surface area contributed by atoms with E-state index in [-0.39, 0.29) is 19.1 Å². The first kappa shape index (κ1) is 37.8. The van der Waals surface area contributed by atoms with Crippen LogP contribution in [0, 0.1) is 0 Å². The molecule has 4 rings (SSSR count). The fourth-order valence-corrected chi connectivity index (χ4v) is 7.25. The fraction of sp³-hybridized carbons (Fsp3) is 0.556. The lowest BCUT2D eigenvalue weighted by molar-refractivity contribution is -0.237. The largest absolute Gasteiger partial charge is 0.507 e. The number of thioether (sulfide) groups is 1. The Labute approximate surface area is 291 Å². The lowest BCUT2D eigenvalue weighted by Gasteiger charge is -2.45. The number of phenols is 1. The summed E-state index contributed by atoms with van der Waals surface area (Å²) in [5.74, 6) is -1.40. The molecule has 0 aromatic heterocycles. The zero-order valence-corrected chi connectivity index (χ0v) is 30.4. The summed E-state index contributed by atoms with van der Waals surface area (Å²) in [7, 11) is 0. The van der Waals surface area contributed by atoms with Crippen LogP contribution in [0.1, 0.15) is 96.7 Å². The molecule has 2 aliphatic rings. The fourth-order valence-electron chi connectivity index (χ4n) is 5.81. The maximum absolute atomic E-state index is 12.6. The van der Waals surface area contributed by atoms with Gasteiger partial charge in [-0.15, -0.1) is 11.8 Å². The smallest absolute Gasteiger partial charge is 0.303 e. The van der Waals surface area contributed by atoms with Gasteiger partial charge in [-0.3, -0.25) is 19.2 Å². The van der Waals surface area contributed by atoms with E-state index < -0.39 is 69.8 Å². The molecule has 268 valence electrons. The van der Waals surface area contributed by atoms with E-state index in [1.165, 1.54) is 39.5 Å². The summed E-state index contributed by atoms with van der Waals surface area (Å²) in [6.45, 7) is 16.6. The molecule has 0 saturated carbocycles. The summed E-state index contributed by atoms with van der Waals surface area (Å²) in [6, 6.07) is 9.42. The zero-order chi connectivity index (χ0) is 36.4. The van der Waals surface area contributed by atoms with Crippen molar-refractivity contribution in [3.63, 3.8) is 0 Å². The van der Waals surface area contributed by atoms with Crippen molar-refractivity contribution in [1.29, 1.82) is 0 Å². The summed E-state index contributed by atoms with van der Waals surface area (Å²) < 4.78 is 40.1. The first-order chi connectivity index (χ1) is 22.8. The lowest BCUT2D eigenvalue weighted by Crippen LogP contribution is -2.61. The number of carbonyl (C=O) groups excluding carboxylic acids is 4. The van der Waals surface area contributed by atoms with E-state index in [2.05, 4.69) is 0 Å². The van der Waals surface area contributed by atoms with Crippen molar-refractivity contribution in [2.24, 2.45) is 0 Å². The summed E-state index contributed by atoms with van der Waals surface area (Å²) in [5.41, 5.74) is 1.07. The topological polar surface area (TPSA) is 153 Å². The Hall–Kier alpha value is -3.97. The number of esters is 4. The third-order valence-electron chi connectivity index (χ3n) is 7.97. The lowest BCUT2D eigenvalue weighted by atomic mass is 9.78. The van der Waals surface area contributed by atoms with Gasteiger partial charge in [-0.2, -0.15) is 0 Å². The molecule has 2 aromatic rings. The van der Waals surface area contributed by atoms with Crippen LogP contribution < -0.4 is 9.47 Å². The van der Waals surface area contributed by atoms with Gasteiger partial charge in [-0.1, -0.05) is 59.7 Å². The summed E-state index contributed by atoms with van der Waals surface area (Å²) in [6.07, 6.45) is -4.96. The van der Waals surface area contributed by atoms with Crippen LogP contribution in [-0.4, -0.2) is 72.2 Å². The predicted molar refractivity (Wildman–Crippen MR) is 179 cm³/mol. The molecule has 0 aliphatic carbocycles. The number of rotatable bonds is 9. The molecule has 0 radical (unpaired) electrons. The molecule has 2 heterocycles. The van der Waals surface area contributed by atoms with Crippen LogP contribution in [0.15, 0.2) is 30.3 Å². The monoisotopic (exact) mass is 702 g/mol. The van der Waals surface area contributed by atoms with Crippen molar-refractivity contribution < 1.29 is 57.4 Å². The van der Waals surface area contributed by atoms with Gasteiger partial charge < -0.3 is 38.3 Å². The van der Waals surface area contributed by atoms with Gasteiger partial charge in [0.2, 0.25) is 6.79 Å². The minimum absolute atomic E-state index is 0.0673. The molecule has 0 amide bonds.